The van der Waals surface area contributed by atoms with Crippen LogP contribution in [0.1, 0.15) is 25.8 Å². The summed E-state index contributed by atoms with van der Waals surface area (Å²) < 4.78 is 5.36. The minimum absolute atomic E-state index is 0.00314. The van der Waals surface area contributed by atoms with Crippen LogP contribution < -0.4 is 5.32 Å². The van der Waals surface area contributed by atoms with Crippen molar-refractivity contribution in [1.82, 2.24) is 5.32 Å². The number of rotatable bonds is 8. The number of nitrogens with zero attached hydrogens (tertiary/aromatic N) is 1. The fraction of sp³-hybridized carbons (Fsp3) is 0.400. The lowest BCUT2D eigenvalue weighted by Crippen LogP contribution is -2.23. The third-order valence-electron chi connectivity index (χ3n) is 2.58. The van der Waals surface area contributed by atoms with Crippen LogP contribution >= 0.6 is 0 Å². The molecule has 1 aromatic rings. The van der Waals surface area contributed by atoms with Crippen LogP contribution in [0.3, 0.4) is 0 Å². The first-order valence-corrected chi connectivity index (χ1v) is 6.81. The number of nitro benzene ring substituents is 1. The molecule has 114 valence electrons. The van der Waals surface area contributed by atoms with E-state index in [4.69, 9.17) is 4.74 Å². The van der Waals surface area contributed by atoms with Gasteiger partial charge >= 0.3 is 0 Å². The van der Waals surface area contributed by atoms with E-state index in [1.807, 2.05) is 13.8 Å². The molecule has 0 unspecified atom stereocenters. The molecule has 1 rings (SSSR count). The zero-order valence-electron chi connectivity index (χ0n) is 12.2. The quantitative estimate of drug-likeness (QED) is 0.345. The molecule has 6 heteroatoms. The number of nitro groups is 1. The predicted molar refractivity (Wildman–Crippen MR) is 80.8 cm³/mol. The average Bonchev–Trinajstić information content (AvgIpc) is 2.44. The van der Waals surface area contributed by atoms with Crippen LogP contribution in [-0.2, 0) is 9.53 Å². The molecule has 0 bridgehead atoms. The van der Waals surface area contributed by atoms with Gasteiger partial charge in [-0.05, 0) is 31.9 Å². The minimum atomic E-state index is -0.466. The molecular formula is C15H20N2O4. The van der Waals surface area contributed by atoms with Crippen molar-refractivity contribution in [2.24, 2.45) is 0 Å². The van der Waals surface area contributed by atoms with Gasteiger partial charge in [-0.15, -0.1) is 0 Å². The maximum atomic E-state index is 11.6. The summed E-state index contributed by atoms with van der Waals surface area (Å²) in [5, 5.41) is 13.4. The third-order valence-corrected chi connectivity index (χ3v) is 2.58. The van der Waals surface area contributed by atoms with Gasteiger partial charge in [0.2, 0.25) is 5.91 Å². The molecule has 1 aromatic carbocycles. The second kappa shape index (κ2) is 8.86. The Morgan fingerprint density at radius 2 is 2.24 bits per heavy atom. The molecule has 0 radical (unpaired) electrons. The lowest BCUT2D eigenvalue weighted by molar-refractivity contribution is -0.384. The molecule has 0 spiro atoms. The molecule has 0 aliphatic rings. The molecule has 1 N–H and O–H groups in total. The summed E-state index contributed by atoms with van der Waals surface area (Å²) in [7, 11) is 0. The molecule has 0 heterocycles. The number of hydrogen-bond acceptors (Lipinski definition) is 4. The van der Waals surface area contributed by atoms with E-state index in [1.165, 1.54) is 18.2 Å². The number of carbonyl (C=O) groups is 1. The monoisotopic (exact) mass is 292 g/mol. The van der Waals surface area contributed by atoms with E-state index in [-0.39, 0.29) is 17.7 Å². The Labute approximate surface area is 124 Å². The lowest BCUT2D eigenvalue weighted by Gasteiger charge is -2.07. The molecule has 0 saturated heterocycles. The van der Waals surface area contributed by atoms with Crippen molar-refractivity contribution in [2.45, 2.75) is 26.4 Å². The van der Waals surface area contributed by atoms with Crippen molar-refractivity contribution < 1.29 is 14.5 Å². The maximum Gasteiger partial charge on any atom is 0.270 e. The lowest BCUT2D eigenvalue weighted by atomic mass is 10.2. The molecule has 1 amide bonds. The second-order valence-electron chi connectivity index (χ2n) is 4.75. The second-order valence-corrected chi connectivity index (χ2v) is 4.75. The first-order valence-electron chi connectivity index (χ1n) is 6.81. The molecule has 0 aromatic heterocycles. The summed E-state index contributed by atoms with van der Waals surface area (Å²) in [5.41, 5.74) is 0.617. The zero-order chi connectivity index (χ0) is 15.7. The van der Waals surface area contributed by atoms with Crippen LogP contribution in [0.5, 0.6) is 0 Å². The Balaban J connectivity index is 2.37. The minimum Gasteiger partial charge on any atom is -0.379 e. The van der Waals surface area contributed by atoms with E-state index < -0.39 is 4.92 Å². The number of hydrogen-bond donors (Lipinski definition) is 1. The summed E-state index contributed by atoms with van der Waals surface area (Å²) in [6.07, 6.45) is 3.85. The molecule has 0 aliphatic carbocycles. The van der Waals surface area contributed by atoms with Gasteiger partial charge in [-0.2, -0.15) is 0 Å². The summed E-state index contributed by atoms with van der Waals surface area (Å²) >= 11 is 0. The number of ether oxygens (including phenoxy) is 1. The number of non-ortho nitro benzene ring substituents is 1. The average molecular weight is 292 g/mol. The Morgan fingerprint density at radius 1 is 1.48 bits per heavy atom. The summed E-state index contributed by atoms with van der Waals surface area (Å²) in [5.74, 6) is -0.231. The third kappa shape index (κ3) is 7.22. The van der Waals surface area contributed by atoms with Crippen LogP contribution in [-0.4, -0.2) is 30.1 Å². The predicted octanol–water partition coefficient (Wildman–Crippen LogP) is 2.54. The van der Waals surface area contributed by atoms with Gasteiger partial charge in [-0.25, -0.2) is 0 Å². The van der Waals surface area contributed by atoms with Crippen molar-refractivity contribution >= 4 is 17.7 Å². The first kappa shape index (κ1) is 16.8. The maximum absolute atomic E-state index is 11.6. The fourth-order valence-corrected chi connectivity index (χ4v) is 1.58. The van der Waals surface area contributed by atoms with E-state index >= 15 is 0 Å². The van der Waals surface area contributed by atoms with E-state index in [9.17, 15) is 14.9 Å². The van der Waals surface area contributed by atoms with E-state index in [2.05, 4.69) is 5.32 Å². The summed E-state index contributed by atoms with van der Waals surface area (Å²) in [4.78, 5) is 21.7. The molecule has 6 nitrogen and oxygen atoms in total. The number of nitrogens with one attached hydrogen (secondary N) is 1. The highest BCUT2D eigenvalue weighted by Gasteiger charge is 2.04. The topological polar surface area (TPSA) is 81.5 Å². The Bertz CT molecular complexity index is 512. The standard InChI is InChI=1S/C15H20N2O4/c1-12(2)21-10-4-9-16-15(18)8-7-13-5-3-6-14(11-13)17(19)20/h3,5-8,11-12H,4,9-10H2,1-2H3,(H,16,18)/b8-7+. The van der Waals surface area contributed by atoms with Gasteiger partial charge in [0.15, 0.2) is 0 Å². The highest BCUT2D eigenvalue weighted by Crippen LogP contribution is 2.13. The number of amides is 1. The molecule has 0 aliphatic heterocycles. The van der Waals surface area contributed by atoms with Gasteiger partial charge in [-0.1, -0.05) is 12.1 Å². The van der Waals surface area contributed by atoms with Crippen LogP contribution in [0.4, 0.5) is 5.69 Å². The van der Waals surface area contributed by atoms with Gasteiger partial charge in [-0.3, -0.25) is 14.9 Å². The van der Waals surface area contributed by atoms with Crippen molar-refractivity contribution in [3.8, 4) is 0 Å². The fourth-order valence-electron chi connectivity index (χ4n) is 1.58. The van der Waals surface area contributed by atoms with Crippen LogP contribution in [0.2, 0.25) is 0 Å². The van der Waals surface area contributed by atoms with Gasteiger partial charge in [0.25, 0.3) is 5.69 Å². The Morgan fingerprint density at radius 3 is 2.90 bits per heavy atom. The van der Waals surface area contributed by atoms with Crippen LogP contribution in [0.15, 0.2) is 30.3 Å². The van der Waals surface area contributed by atoms with Gasteiger partial charge in [0, 0.05) is 31.4 Å². The Hall–Kier alpha value is -2.21. The summed E-state index contributed by atoms with van der Waals surface area (Å²) in [6, 6.07) is 6.11. The van der Waals surface area contributed by atoms with Gasteiger partial charge in [0.1, 0.15) is 0 Å². The van der Waals surface area contributed by atoms with Gasteiger partial charge in [0.05, 0.1) is 11.0 Å². The van der Waals surface area contributed by atoms with Crippen molar-refractivity contribution in [2.75, 3.05) is 13.2 Å². The van der Waals surface area contributed by atoms with Gasteiger partial charge < -0.3 is 10.1 Å². The van der Waals surface area contributed by atoms with Crippen molar-refractivity contribution in [3.63, 3.8) is 0 Å². The highest BCUT2D eigenvalue weighted by molar-refractivity contribution is 5.91. The largest absolute Gasteiger partial charge is 0.379 e. The first-order chi connectivity index (χ1) is 9.99. The normalized spacial score (nSPS) is 11.0. The SMILES string of the molecule is CC(C)OCCCNC(=O)/C=C/c1cccc([N+](=O)[O-])c1. The smallest absolute Gasteiger partial charge is 0.270 e. The van der Waals surface area contributed by atoms with Crippen LogP contribution in [0.25, 0.3) is 6.08 Å². The zero-order valence-corrected chi connectivity index (χ0v) is 12.2. The molecule has 0 fully saturated rings. The number of carbonyl (C=O) groups excluding carboxylic acids is 1. The Kier molecular flexibility index (Phi) is 7.11. The molecular weight excluding hydrogens is 272 g/mol. The number of benzene rings is 1. The molecule has 0 atom stereocenters. The highest BCUT2D eigenvalue weighted by atomic mass is 16.6. The van der Waals surface area contributed by atoms with E-state index in [0.29, 0.717) is 18.7 Å². The van der Waals surface area contributed by atoms with Crippen LogP contribution in [0, 0.1) is 10.1 Å². The summed E-state index contributed by atoms with van der Waals surface area (Å²) in [6.45, 7) is 5.05. The van der Waals surface area contributed by atoms with E-state index in [1.54, 1.807) is 18.2 Å². The molecule has 0 saturated carbocycles. The molecule has 21 heavy (non-hydrogen) atoms. The van der Waals surface area contributed by atoms with Crippen molar-refractivity contribution in [1.29, 1.82) is 0 Å². The van der Waals surface area contributed by atoms with E-state index in [0.717, 1.165) is 6.42 Å². The van der Waals surface area contributed by atoms with Crippen molar-refractivity contribution in [3.05, 3.63) is 46.0 Å².